The predicted octanol–water partition coefficient (Wildman–Crippen LogP) is 0.673. The van der Waals surface area contributed by atoms with Crippen LogP contribution in [0.4, 0.5) is 11.9 Å². The van der Waals surface area contributed by atoms with Gasteiger partial charge in [0.25, 0.3) is 0 Å². The molecule has 1 heterocycles. The standard InChI is InChI=1S/C9H15N5O/c1-9(2)4-5(9)11-7-12-6(10)13-8(14-7)15-3/h5H,4H2,1-3H3,(H3,10,11,12,13,14). The lowest BCUT2D eigenvalue weighted by atomic mass is 10.2. The summed E-state index contributed by atoms with van der Waals surface area (Å²) >= 11 is 0. The normalized spacial score (nSPS) is 22.2. The molecule has 1 aromatic rings. The molecule has 0 bridgehead atoms. The third-order valence-electron chi connectivity index (χ3n) is 2.63. The number of ether oxygens (including phenoxy) is 1. The largest absolute Gasteiger partial charge is 0.467 e. The maximum absolute atomic E-state index is 5.52. The van der Waals surface area contributed by atoms with E-state index in [1.165, 1.54) is 7.11 Å². The monoisotopic (exact) mass is 209 g/mol. The van der Waals surface area contributed by atoms with Crippen molar-refractivity contribution in [2.75, 3.05) is 18.2 Å². The maximum Gasteiger partial charge on any atom is 0.322 e. The van der Waals surface area contributed by atoms with E-state index in [9.17, 15) is 0 Å². The molecule has 2 rings (SSSR count). The van der Waals surface area contributed by atoms with Gasteiger partial charge in [-0.15, -0.1) is 0 Å². The third kappa shape index (κ3) is 2.08. The molecule has 1 aliphatic rings. The SMILES string of the molecule is COc1nc(N)nc(NC2CC2(C)C)n1. The van der Waals surface area contributed by atoms with Crippen LogP contribution in [0.1, 0.15) is 20.3 Å². The average molecular weight is 209 g/mol. The van der Waals surface area contributed by atoms with E-state index in [1.54, 1.807) is 0 Å². The predicted molar refractivity (Wildman–Crippen MR) is 56.6 cm³/mol. The fourth-order valence-electron chi connectivity index (χ4n) is 1.40. The van der Waals surface area contributed by atoms with Crippen LogP contribution in [0.15, 0.2) is 0 Å². The molecule has 82 valence electrons. The summed E-state index contributed by atoms with van der Waals surface area (Å²) in [6.07, 6.45) is 1.11. The molecule has 0 radical (unpaired) electrons. The van der Waals surface area contributed by atoms with Crippen LogP contribution < -0.4 is 15.8 Å². The van der Waals surface area contributed by atoms with Crippen molar-refractivity contribution in [3.8, 4) is 6.01 Å². The Morgan fingerprint density at radius 1 is 1.40 bits per heavy atom. The molecule has 0 saturated heterocycles. The van der Waals surface area contributed by atoms with Gasteiger partial charge in [-0.05, 0) is 11.8 Å². The molecule has 1 unspecified atom stereocenters. The summed E-state index contributed by atoms with van der Waals surface area (Å²) in [4.78, 5) is 11.9. The number of anilines is 2. The smallest absolute Gasteiger partial charge is 0.322 e. The summed E-state index contributed by atoms with van der Waals surface area (Å²) < 4.78 is 4.91. The third-order valence-corrected chi connectivity index (χ3v) is 2.63. The minimum atomic E-state index is 0.169. The number of aromatic nitrogens is 3. The first-order valence-electron chi connectivity index (χ1n) is 4.83. The molecule has 1 aliphatic carbocycles. The van der Waals surface area contributed by atoms with Crippen molar-refractivity contribution in [3.63, 3.8) is 0 Å². The first kappa shape index (κ1) is 9.95. The summed E-state index contributed by atoms with van der Waals surface area (Å²) in [6, 6.07) is 0.646. The Morgan fingerprint density at radius 3 is 2.60 bits per heavy atom. The molecule has 0 aliphatic heterocycles. The highest BCUT2D eigenvalue weighted by atomic mass is 16.5. The van der Waals surface area contributed by atoms with Gasteiger partial charge in [-0.25, -0.2) is 0 Å². The van der Waals surface area contributed by atoms with Crippen molar-refractivity contribution >= 4 is 11.9 Å². The van der Waals surface area contributed by atoms with Crippen molar-refractivity contribution in [2.24, 2.45) is 5.41 Å². The molecular weight excluding hydrogens is 194 g/mol. The lowest BCUT2D eigenvalue weighted by Crippen LogP contribution is -2.13. The number of hydrogen-bond acceptors (Lipinski definition) is 6. The summed E-state index contributed by atoms with van der Waals surface area (Å²) in [7, 11) is 1.50. The topological polar surface area (TPSA) is 86.0 Å². The molecule has 1 saturated carbocycles. The van der Waals surface area contributed by atoms with Gasteiger partial charge in [0.1, 0.15) is 0 Å². The molecule has 6 nitrogen and oxygen atoms in total. The lowest BCUT2D eigenvalue weighted by molar-refractivity contribution is 0.379. The van der Waals surface area contributed by atoms with Gasteiger partial charge in [0, 0.05) is 6.04 Å². The van der Waals surface area contributed by atoms with Crippen LogP contribution in [0.5, 0.6) is 6.01 Å². The highest BCUT2D eigenvalue weighted by molar-refractivity contribution is 5.36. The molecule has 3 N–H and O–H groups in total. The maximum atomic E-state index is 5.52. The van der Waals surface area contributed by atoms with Crippen LogP contribution in [0.25, 0.3) is 0 Å². The van der Waals surface area contributed by atoms with E-state index in [4.69, 9.17) is 10.5 Å². The molecular formula is C9H15N5O. The number of nitrogens with one attached hydrogen (secondary N) is 1. The molecule has 0 spiro atoms. The van der Waals surface area contributed by atoms with Gasteiger partial charge < -0.3 is 15.8 Å². The summed E-state index contributed by atoms with van der Waals surface area (Å²) in [5.41, 5.74) is 5.83. The van der Waals surface area contributed by atoms with Crippen LogP contribution in [-0.2, 0) is 0 Å². The highest BCUT2D eigenvalue weighted by Gasteiger charge is 2.46. The van der Waals surface area contributed by atoms with Gasteiger partial charge >= 0.3 is 6.01 Å². The summed E-state index contributed by atoms with van der Waals surface area (Å²) in [6.45, 7) is 4.37. The molecule has 15 heavy (non-hydrogen) atoms. The zero-order valence-electron chi connectivity index (χ0n) is 9.11. The average Bonchev–Trinajstić information content (AvgIpc) is 2.72. The van der Waals surface area contributed by atoms with Crippen molar-refractivity contribution in [3.05, 3.63) is 0 Å². The van der Waals surface area contributed by atoms with Crippen molar-refractivity contribution in [1.29, 1.82) is 0 Å². The number of nitrogens with zero attached hydrogens (tertiary/aromatic N) is 3. The van der Waals surface area contributed by atoms with Gasteiger partial charge in [0.15, 0.2) is 0 Å². The van der Waals surface area contributed by atoms with Gasteiger partial charge in [0.2, 0.25) is 11.9 Å². The van der Waals surface area contributed by atoms with E-state index in [1.807, 2.05) is 0 Å². The molecule has 0 aromatic carbocycles. The highest BCUT2D eigenvalue weighted by Crippen LogP contribution is 2.46. The fourth-order valence-corrected chi connectivity index (χ4v) is 1.40. The van der Waals surface area contributed by atoms with E-state index in [0.29, 0.717) is 17.4 Å². The Bertz CT molecular complexity index is 379. The van der Waals surface area contributed by atoms with Crippen molar-refractivity contribution in [2.45, 2.75) is 26.3 Å². The number of rotatable bonds is 3. The van der Waals surface area contributed by atoms with Crippen LogP contribution in [0.3, 0.4) is 0 Å². The Labute approximate surface area is 88.3 Å². The van der Waals surface area contributed by atoms with Crippen molar-refractivity contribution in [1.82, 2.24) is 15.0 Å². The molecule has 6 heteroatoms. The summed E-state index contributed by atoms with van der Waals surface area (Å²) in [5, 5.41) is 3.20. The lowest BCUT2D eigenvalue weighted by Gasteiger charge is -2.07. The van der Waals surface area contributed by atoms with E-state index in [-0.39, 0.29) is 12.0 Å². The molecule has 1 fully saturated rings. The quantitative estimate of drug-likeness (QED) is 0.761. The Hall–Kier alpha value is -1.59. The number of hydrogen-bond donors (Lipinski definition) is 2. The van der Waals surface area contributed by atoms with Crippen LogP contribution in [-0.4, -0.2) is 28.1 Å². The minimum Gasteiger partial charge on any atom is -0.467 e. The first-order valence-corrected chi connectivity index (χ1v) is 4.83. The zero-order chi connectivity index (χ0) is 11.1. The summed E-state index contributed by atoms with van der Waals surface area (Å²) in [5.74, 6) is 0.651. The van der Waals surface area contributed by atoms with Gasteiger partial charge in [-0.1, -0.05) is 13.8 Å². The van der Waals surface area contributed by atoms with Gasteiger partial charge in [-0.3, -0.25) is 0 Å². The Kier molecular flexibility index (Phi) is 2.13. The molecule has 0 amide bonds. The van der Waals surface area contributed by atoms with E-state index in [2.05, 4.69) is 34.1 Å². The molecule has 1 aromatic heterocycles. The van der Waals surface area contributed by atoms with Crippen molar-refractivity contribution < 1.29 is 4.74 Å². The van der Waals surface area contributed by atoms with Gasteiger partial charge in [0.05, 0.1) is 7.11 Å². The first-order chi connectivity index (χ1) is 7.01. The second-order valence-electron chi connectivity index (χ2n) is 4.39. The number of nitrogen functional groups attached to an aromatic ring is 1. The van der Waals surface area contributed by atoms with E-state index in [0.717, 1.165) is 6.42 Å². The minimum absolute atomic E-state index is 0.169. The number of nitrogens with two attached hydrogens (primary N) is 1. The Morgan fingerprint density at radius 2 is 2.07 bits per heavy atom. The van der Waals surface area contributed by atoms with E-state index < -0.39 is 0 Å². The molecule has 1 atom stereocenters. The van der Waals surface area contributed by atoms with E-state index >= 15 is 0 Å². The fraction of sp³-hybridized carbons (Fsp3) is 0.667. The zero-order valence-corrected chi connectivity index (χ0v) is 9.11. The van der Waals surface area contributed by atoms with Crippen LogP contribution in [0, 0.1) is 5.41 Å². The van der Waals surface area contributed by atoms with Gasteiger partial charge in [-0.2, -0.15) is 15.0 Å². The Balaban J connectivity index is 2.11. The second kappa shape index (κ2) is 3.22. The van der Waals surface area contributed by atoms with Crippen LogP contribution in [0.2, 0.25) is 0 Å². The number of methoxy groups -OCH3 is 1. The second-order valence-corrected chi connectivity index (χ2v) is 4.39. The van der Waals surface area contributed by atoms with Crippen LogP contribution >= 0.6 is 0 Å².